The van der Waals surface area contributed by atoms with Gasteiger partial charge in [0, 0.05) is 23.0 Å². The third-order valence-corrected chi connectivity index (χ3v) is 3.43. The summed E-state index contributed by atoms with van der Waals surface area (Å²) in [6, 6.07) is 7.01. The number of anilines is 1. The SMILES string of the molecule is C[C@H](OC(=O)C1=NNC(=O)CC1)C(=O)Nc1ccc(Br)cc1. The molecule has 0 bridgehead atoms. The van der Waals surface area contributed by atoms with Gasteiger partial charge in [-0.3, -0.25) is 9.59 Å². The highest BCUT2D eigenvalue weighted by atomic mass is 79.9. The number of rotatable bonds is 4. The third kappa shape index (κ3) is 4.39. The summed E-state index contributed by atoms with van der Waals surface area (Å²) < 4.78 is 5.93. The van der Waals surface area contributed by atoms with Crippen molar-refractivity contribution in [1.29, 1.82) is 0 Å². The molecular weight excluding hydrogens is 354 g/mol. The number of hydrazone groups is 1. The zero-order valence-corrected chi connectivity index (χ0v) is 13.3. The fraction of sp³-hybridized carbons (Fsp3) is 0.286. The number of hydrogen-bond acceptors (Lipinski definition) is 5. The average molecular weight is 368 g/mol. The van der Waals surface area contributed by atoms with Gasteiger partial charge < -0.3 is 10.1 Å². The van der Waals surface area contributed by atoms with Gasteiger partial charge in [0.1, 0.15) is 5.71 Å². The van der Waals surface area contributed by atoms with Gasteiger partial charge >= 0.3 is 5.97 Å². The van der Waals surface area contributed by atoms with Crippen LogP contribution in [0.2, 0.25) is 0 Å². The molecule has 0 spiro atoms. The Hall–Kier alpha value is -2.22. The summed E-state index contributed by atoms with van der Waals surface area (Å²) in [5.74, 6) is -1.41. The van der Waals surface area contributed by atoms with Crippen molar-refractivity contribution in [3.05, 3.63) is 28.7 Å². The molecule has 7 nitrogen and oxygen atoms in total. The lowest BCUT2D eigenvalue weighted by molar-refractivity contribution is -0.146. The smallest absolute Gasteiger partial charge is 0.355 e. The second kappa shape index (κ2) is 7.17. The van der Waals surface area contributed by atoms with Gasteiger partial charge in [-0.15, -0.1) is 0 Å². The summed E-state index contributed by atoms with van der Waals surface area (Å²) in [6.45, 7) is 1.47. The average Bonchev–Trinajstić information content (AvgIpc) is 2.50. The van der Waals surface area contributed by atoms with Crippen molar-refractivity contribution in [3.8, 4) is 0 Å². The Kier molecular flexibility index (Phi) is 5.26. The molecule has 0 fully saturated rings. The number of ether oxygens (including phenoxy) is 1. The molecule has 1 aromatic rings. The quantitative estimate of drug-likeness (QED) is 0.789. The van der Waals surface area contributed by atoms with Crippen LogP contribution in [0.4, 0.5) is 5.69 Å². The van der Waals surface area contributed by atoms with Gasteiger partial charge in [-0.25, -0.2) is 10.2 Å². The summed E-state index contributed by atoms with van der Waals surface area (Å²) in [7, 11) is 0. The Balaban J connectivity index is 1.89. The van der Waals surface area contributed by atoms with E-state index in [1.165, 1.54) is 6.92 Å². The van der Waals surface area contributed by atoms with Crippen LogP contribution in [0.1, 0.15) is 19.8 Å². The summed E-state index contributed by atoms with van der Waals surface area (Å²) >= 11 is 3.30. The number of benzene rings is 1. The van der Waals surface area contributed by atoms with Crippen LogP contribution in [0.15, 0.2) is 33.8 Å². The lowest BCUT2D eigenvalue weighted by Gasteiger charge is -2.15. The molecule has 2 N–H and O–H groups in total. The van der Waals surface area contributed by atoms with E-state index in [-0.39, 0.29) is 24.5 Å². The van der Waals surface area contributed by atoms with E-state index in [1.807, 2.05) is 0 Å². The van der Waals surface area contributed by atoms with Gasteiger partial charge in [0.2, 0.25) is 5.91 Å². The van der Waals surface area contributed by atoms with Gasteiger partial charge in [-0.2, -0.15) is 5.10 Å². The normalized spacial score (nSPS) is 15.4. The van der Waals surface area contributed by atoms with Crippen molar-refractivity contribution in [2.24, 2.45) is 5.10 Å². The molecule has 8 heteroatoms. The first-order valence-electron chi connectivity index (χ1n) is 6.58. The highest BCUT2D eigenvalue weighted by molar-refractivity contribution is 9.10. The molecule has 0 aliphatic carbocycles. The molecule has 0 radical (unpaired) electrons. The second-order valence-corrected chi connectivity index (χ2v) is 5.55. The van der Waals surface area contributed by atoms with E-state index in [0.29, 0.717) is 5.69 Å². The molecule has 0 unspecified atom stereocenters. The zero-order chi connectivity index (χ0) is 16.1. The number of carbonyl (C=O) groups is 3. The highest BCUT2D eigenvalue weighted by Crippen LogP contribution is 2.14. The van der Waals surface area contributed by atoms with Crippen molar-refractivity contribution in [3.63, 3.8) is 0 Å². The third-order valence-electron chi connectivity index (χ3n) is 2.90. The maximum Gasteiger partial charge on any atom is 0.355 e. The van der Waals surface area contributed by atoms with Crippen LogP contribution < -0.4 is 10.7 Å². The standard InChI is InChI=1S/C14H14BrN3O4/c1-8(13(20)16-10-4-2-9(15)3-5-10)22-14(21)11-6-7-12(19)18-17-11/h2-5,8H,6-7H2,1H3,(H,16,20)(H,18,19)/t8-/m0/s1. The highest BCUT2D eigenvalue weighted by Gasteiger charge is 2.24. The van der Waals surface area contributed by atoms with E-state index >= 15 is 0 Å². The molecule has 116 valence electrons. The van der Waals surface area contributed by atoms with Crippen LogP contribution in [-0.4, -0.2) is 29.6 Å². The van der Waals surface area contributed by atoms with Gasteiger partial charge in [0.05, 0.1) is 0 Å². The number of halogens is 1. The molecule has 1 heterocycles. The van der Waals surface area contributed by atoms with E-state index < -0.39 is 18.0 Å². The van der Waals surface area contributed by atoms with Crippen molar-refractivity contribution in [2.45, 2.75) is 25.9 Å². The number of carbonyl (C=O) groups excluding carboxylic acids is 3. The Morgan fingerprint density at radius 2 is 2.00 bits per heavy atom. The van der Waals surface area contributed by atoms with Gasteiger partial charge in [-0.05, 0) is 31.2 Å². The molecule has 0 saturated heterocycles. The molecule has 1 aliphatic heterocycles. The van der Waals surface area contributed by atoms with Crippen LogP contribution in [0, 0.1) is 0 Å². The van der Waals surface area contributed by atoms with Gasteiger partial charge in [-0.1, -0.05) is 15.9 Å². The second-order valence-electron chi connectivity index (χ2n) is 4.64. The van der Waals surface area contributed by atoms with Crippen molar-refractivity contribution in [1.82, 2.24) is 5.43 Å². The largest absolute Gasteiger partial charge is 0.448 e. The Morgan fingerprint density at radius 1 is 1.32 bits per heavy atom. The predicted molar refractivity (Wildman–Crippen MR) is 83.1 cm³/mol. The van der Waals surface area contributed by atoms with Gasteiger partial charge in [0.15, 0.2) is 6.10 Å². The summed E-state index contributed by atoms with van der Waals surface area (Å²) in [5, 5.41) is 6.26. The maximum absolute atomic E-state index is 12.0. The minimum Gasteiger partial charge on any atom is -0.448 e. The Morgan fingerprint density at radius 3 is 2.59 bits per heavy atom. The maximum atomic E-state index is 12.0. The lowest BCUT2D eigenvalue weighted by Crippen LogP contribution is -2.35. The molecular formula is C14H14BrN3O4. The fourth-order valence-electron chi connectivity index (χ4n) is 1.68. The first kappa shape index (κ1) is 16.2. The summed E-state index contributed by atoms with van der Waals surface area (Å²) in [6.07, 6.45) is -0.601. The molecule has 2 rings (SSSR count). The van der Waals surface area contributed by atoms with Crippen LogP contribution in [0.5, 0.6) is 0 Å². The monoisotopic (exact) mass is 367 g/mol. The Bertz CT molecular complexity index is 627. The van der Waals surface area contributed by atoms with E-state index in [0.717, 1.165) is 4.47 Å². The molecule has 2 amide bonds. The van der Waals surface area contributed by atoms with Crippen LogP contribution >= 0.6 is 15.9 Å². The number of hydrogen-bond donors (Lipinski definition) is 2. The molecule has 1 aliphatic rings. The van der Waals surface area contributed by atoms with Crippen molar-refractivity contribution < 1.29 is 19.1 Å². The molecule has 0 aromatic heterocycles. The number of nitrogens with zero attached hydrogens (tertiary/aromatic N) is 1. The van der Waals surface area contributed by atoms with E-state index in [1.54, 1.807) is 24.3 Å². The number of esters is 1. The Labute approximate surface area is 135 Å². The number of nitrogens with one attached hydrogen (secondary N) is 2. The zero-order valence-electron chi connectivity index (χ0n) is 11.8. The van der Waals surface area contributed by atoms with Crippen molar-refractivity contribution in [2.75, 3.05) is 5.32 Å². The first-order chi connectivity index (χ1) is 10.5. The van der Waals surface area contributed by atoms with E-state index in [4.69, 9.17) is 4.74 Å². The van der Waals surface area contributed by atoms with E-state index in [9.17, 15) is 14.4 Å². The minimum atomic E-state index is -0.975. The van der Waals surface area contributed by atoms with Crippen LogP contribution in [-0.2, 0) is 19.1 Å². The fourth-order valence-corrected chi connectivity index (χ4v) is 1.94. The summed E-state index contributed by atoms with van der Waals surface area (Å²) in [5.41, 5.74) is 2.90. The lowest BCUT2D eigenvalue weighted by atomic mass is 10.2. The molecule has 22 heavy (non-hydrogen) atoms. The van der Waals surface area contributed by atoms with Gasteiger partial charge in [0.25, 0.3) is 5.91 Å². The van der Waals surface area contributed by atoms with E-state index in [2.05, 4.69) is 31.8 Å². The van der Waals surface area contributed by atoms with Crippen LogP contribution in [0.25, 0.3) is 0 Å². The van der Waals surface area contributed by atoms with Crippen molar-refractivity contribution >= 4 is 45.1 Å². The summed E-state index contributed by atoms with van der Waals surface area (Å²) in [4.78, 5) is 34.7. The number of amides is 2. The first-order valence-corrected chi connectivity index (χ1v) is 7.38. The topological polar surface area (TPSA) is 96.9 Å². The van der Waals surface area contributed by atoms with Crippen LogP contribution in [0.3, 0.4) is 0 Å². The predicted octanol–water partition coefficient (Wildman–Crippen LogP) is 1.59. The molecule has 1 atom stereocenters. The molecule has 1 aromatic carbocycles. The minimum absolute atomic E-state index is 0.0999. The molecule has 0 saturated carbocycles.